The van der Waals surface area contributed by atoms with Gasteiger partial charge in [0.2, 0.25) is 5.79 Å². The quantitative estimate of drug-likeness (QED) is 0.592. The number of rotatable bonds is 3. The van der Waals surface area contributed by atoms with Crippen LogP contribution in [0.3, 0.4) is 0 Å². The van der Waals surface area contributed by atoms with E-state index in [2.05, 4.69) is 33.7 Å². The van der Waals surface area contributed by atoms with E-state index in [-0.39, 0.29) is 5.91 Å². The summed E-state index contributed by atoms with van der Waals surface area (Å²) in [5.41, 5.74) is 3.78. The van der Waals surface area contributed by atoms with Crippen molar-refractivity contribution in [3.63, 3.8) is 0 Å². The molecule has 1 amide bonds. The molecule has 2 aromatic carbocycles. The summed E-state index contributed by atoms with van der Waals surface area (Å²) in [7, 11) is 3.57. The average molecular weight is 446 g/mol. The molecule has 33 heavy (non-hydrogen) atoms. The molecular formula is C27H31N3O3. The van der Waals surface area contributed by atoms with E-state index in [1.165, 1.54) is 19.3 Å². The van der Waals surface area contributed by atoms with Crippen molar-refractivity contribution in [1.29, 1.82) is 0 Å². The summed E-state index contributed by atoms with van der Waals surface area (Å²) in [5.74, 6) is 0.438. The van der Waals surface area contributed by atoms with Crippen LogP contribution in [-0.2, 0) is 11.3 Å². The SMILES string of the molecule is CN(C)C(=O)c1cn(-c2ccc3c(c2)COC2(CCN(C4CCC4)CC2)O3)c2ccccc12. The Bertz CT molecular complexity index is 1200. The van der Waals surface area contributed by atoms with Gasteiger partial charge in [-0.05, 0) is 37.1 Å². The van der Waals surface area contributed by atoms with Crippen LogP contribution in [0.4, 0.5) is 0 Å². The highest BCUT2D eigenvalue weighted by atomic mass is 16.7. The maximum absolute atomic E-state index is 12.8. The minimum Gasteiger partial charge on any atom is -0.462 e. The van der Waals surface area contributed by atoms with Crippen molar-refractivity contribution in [2.24, 2.45) is 0 Å². The number of piperidine rings is 1. The number of para-hydroxylation sites is 1. The fourth-order valence-corrected chi connectivity index (χ4v) is 5.40. The molecule has 2 aliphatic heterocycles. The summed E-state index contributed by atoms with van der Waals surface area (Å²) in [5, 5.41) is 0.957. The number of nitrogens with zero attached hydrogens (tertiary/aromatic N) is 3. The highest BCUT2D eigenvalue weighted by molar-refractivity contribution is 6.07. The van der Waals surface area contributed by atoms with Crippen LogP contribution in [0.5, 0.6) is 5.75 Å². The van der Waals surface area contributed by atoms with Crippen molar-refractivity contribution < 1.29 is 14.3 Å². The van der Waals surface area contributed by atoms with E-state index in [0.717, 1.165) is 59.9 Å². The van der Waals surface area contributed by atoms with Crippen molar-refractivity contribution in [2.45, 2.75) is 50.5 Å². The Morgan fingerprint density at radius 2 is 1.88 bits per heavy atom. The first kappa shape index (κ1) is 20.8. The van der Waals surface area contributed by atoms with Crippen molar-refractivity contribution in [2.75, 3.05) is 27.2 Å². The van der Waals surface area contributed by atoms with Gasteiger partial charge in [0.05, 0.1) is 17.7 Å². The maximum atomic E-state index is 12.8. The average Bonchev–Trinajstić information content (AvgIpc) is 3.18. The zero-order chi connectivity index (χ0) is 22.6. The molecule has 1 spiro atoms. The Kier molecular flexibility index (Phi) is 4.96. The Balaban J connectivity index is 1.27. The summed E-state index contributed by atoms with van der Waals surface area (Å²) < 4.78 is 14.9. The van der Waals surface area contributed by atoms with Crippen LogP contribution in [0, 0.1) is 0 Å². The lowest BCUT2D eigenvalue weighted by Gasteiger charge is -2.47. The number of fused-ring (bicyclic) bond motifs is 2. The lowest BCUT2D eigenvalue weighted by Crippen LogP contribution is -2.54. The number of aromatic nitrogens is 1. The van der Waals surface area contributed by atoms with E-state index in [4.69, 9.17) is 9.47 Å². The van der Waals surface area contributed by atoms with Gasteiger partial charge in [-0.25, -0.2) is 0 Å². The van der Waals surface area contributed by atoms with Gasteiger partial charge in [0.15, 0.2) is 0 Å². The molecule has 3 heterocycles. The number of ether oxygens (including phenoxy) is 2. The van der Waals surface area contributed by atoms with Crippen LogP contribution in [-0.4, -0.2) is 59.3 Å². The third-order valence-corrected chi connectivity index (χ3v) is 7.61. The molecule has 1 aliphatic carbocycles. The number of carbonyl (C=O) groups excluding carboxylic acids is 1. The zero-order valence-electron chi connectivity index (χ0n) is 19.4. The molecule has 0 bridgehead atoms. The van der Waals surface area contributed by atoms with E-state index in [1.807, 2.05) is 24.4 Å². The van der Waals surface area contributed by atoms with Crippen LogP contribution < -0.4 is 4.74 Å². The molecule has 6 nitrogen and oxygen atoms in total. The summed E-state index contributed by atoms with van der Waals surface area (Å²) in [4.78, 5) is 17.0. The third kappa shape index (κ3) is 3.52. The molecule has 0 atom stereocenters. The Morgan fingerprint density at radius 1 is 1.09 bits per heavy atom. The van der Waals surface area contributed by atoms with Gasteiger partial charge in [0.25, 0.3) is 5.91 Å². The summed E-state index contributed by atoms with van der Waals surface area (Å²) in [6.45, 7) is 2.65. The molecule has 3 aliphatic rings. The van der Waals surface area contributed by atoms with Crippen LogP contribution in [0.25, 0.3) is 16.6 Å². The minimum atomic E-state index is -0.486. The number of hydrogen-bond donors (Lipinski definition) is 0. The summed E-state index contributed by atoms with van der Waals surface area (Å²) >= 11 is 0. The first-order valence-electron chi connectivity index (χ1n) is 12.1. The number of carbonyl (C=O) groups is 1. The molecule has 2 fully saturated rings. The van der Waals surface area contributed by atoms with Crippen molar-refractivity contribution in [3.8, 4) is 11.4 Å². The Hall–Kier alpha value is -2.83. The van der Waals surface area contributed by atoms with Crippen LogP contribution in [0.2, 0.25) is 0 Å². The summed E-state index contributed by atoms with van der Waals surface area (Å²) in [6.07, 6.45) is 7.84. The molecule has 1 aromatic heterocycles. The number of hydrogen-bond acceptors (Lipinski definition) is 4. The fraction of sp³-hybridized carbons (Fsp3) is 0.444. The van der Waals surface area contributed by atoms with Crippen LogP contribution in [0.1, 0.15) is 48.0 Å². The first-order chi connectivity index (χ1) is 16.0. The first-order valence-corrected chi connectivity index (χ1v) is 12.1. The normalized spacial score (nSPS) is 20.3. The monoisotopic (exact) mass is 445 g/mol. The van der Waals surface area contributed by atoms with Gasteiger partial charge in [-0.3, -0.25) is 9.69 Å². The predicted octanol–water partition coefficient (Wildman–Crippen LogP) is 4.59. The molecule has 0 N–H and O–H groups in total. The van der Waals surface area contributed by atoms with E-state index < -0.39 is 5.79 Å². The second kappa shape index (κ2) is 7.89. The molecule has 172 valence electrons. The Morgan fingerprint density at radius 3 is 2.61 bits per heavy atom. The number of benzene rings is 2. The second-order valence-electron chi connectivity index (χ2n) is 9.84. The molecule has 6 rings (SSSR count). The topological polar surface area (TPSA) is 46.9 Å². The number of likely N-dealkylation sites (tertiary alicyclic amines) is 1. The van der Waals surface area contributed by atoms with Crippen molar-refractivity contribution in [3.05, 3.63) is 59.8 Å². The molecule has 3 aromatic rings. The maximum Gasteiger partial charge on any atom is 0.255 e. The number of amides is 1. The lowest BCUT2D eigenvalue weighted by atomic mass is 9.89. The van der Waals surface area contributed by atoms with E-state index >= 15 is 0 Å². The van der Waals surface area contributed by atoms with E-state index in [1.54, 1.807) is 19.0 Å². The summed E-state index contributed by atoms with van der Waals surface area (Å²) in [6, 6.07) is 15.1. The predicted molar refractivity (Wildman–Crippen MR) is 128 cm³/mol. The minimum absolute atomic E-state index is 0.00441. The lowest BCUT2D eigenvalue weighted by molar-refractivity contribution is -0.231. The van der Waals surface area contributed by atoms with Crippen molar-refractivity contribution >= 4 is 16.8 Å². The molecular weight excluding hydrogens is 414 g/mol. The van der Waals surface area contributed by atoms with Gasteiger partial charge >= 0.3 is 0 Å². The highest BCUT2D eigenvalue weighted by Gasteiger charge is 2.42. The van der Waals surface area contributed by atoms with Gasteiger partial charge in [0, 0.05) is 68.9 Å². The van der Waals surface area contributed by atoms with E-state index in [9.17, 15) is 4.79 Å². The fourth-order valence-electron chi connectivity index (χ4n) is 5.40. The van der Waals surface area contributed by atoms with Crippen LogP contribution in [0.15, 0.2) is 48.7 Å². The third-order valence-electron chi connectivity index (χ3n) is 7.61. The molecule has 0 unspecified atom stereocenters. The van der Waals surface area contributed by atoms with Crippen molar-refractivity contribution in [1.82, 2.24) is 14.4 Å². The van der Waals surface area contributed by atoms with Gasteiger partial charge in [-0.1, -0.05) is 24.6 Å². The zero-order valence-corrected chi connectivity index (χ0v) is 19.4. The Labute approximate surface area is 194 Å². The van der Waals surface area contributed by atoms with Gasteiger partial charge in [-0.2, -0.15) is 0 Å². The van der Waals surface area contributed by atoms with Gasteiger partial charge in [0.1, 0.15) is 5.75 Å². The van der Waals surface area contributed by atoms with E-state index in [0.29, 0.717) is 12.2 Å². The smallest absolute Gasteiger partial charge is 0.255 e. The standard InChI is InChI=1S/C27H31N3O3/c1-28(2)26(31)23-17-30(24-9-4-3-8-22(23)24)21-10-11-25-19(16-21)18-32-27(33-25)12-14-29(15-13-27)20-6-5-7-20/h3-4,8-11,16-17,20H,5-7,12-15,18H2,1-2H3. The second-order valence-corrected chi connectivity index (χ2v) is 9.84. The van der Waals surface area contributed by atoms with Gasteiger partial charge in [-0.15, -0.1) is 0 Å². The highest BCUT2D eigenvalue weighted by Crippen LogP contribution is 2.40. The van der Waals surface area contributed by atoms with Gasteiger partial charge < -0.3 is 18.9 Å². The molecule has 1 saturated heterocycles. The molecule has 0 radical (unpaired) electrons. The molecule has 6 heteroatoms. The molecule has 1 saturated carbocycles. The largest absolute Gasteiger partial charge is 0.462 e. The van der Waals surface area contributed by atoms with Crippen LogP contribution >= 0.6 is 0 Å².